The van der Waals surface area contributed by atoms with Crippen LogP contribution < -0.4 is 0 Å². The first-order valence-electron chi connectivity index (χ1n) is 9.21. The lowest BCUT2D eigenvalue weighted by Gasteiger charge is -2.26. The summed E-state index contributed by atoms with van der Waals surface area (Å²) < 4.78 is 51.5. The highest BCUT2D eigenvalue weighted by atomic mass is 35.5. The van der Waals surface area contributed by atoms with E-state index in [0.29, 0.717) is 4.34 Å². The molecule has 1 saturated heterocycles. The maximum atomic E-state index is 14.2. The molecule has 0 radical (unpaired) electrons. The molecule has 0 N–H and O–H groups in total. The summed E-state index contributed by atoms with van der Waals surface area (Å²) >= 11 is 7.18. The largest absolute Gasteiger partial charge is 0.452 e. The van der Waals surface area contributed by atoms with Crippen LogP contribution in [0.4, 0.5) is 4.39 Å². The molecular formula is C19H20ClFN2O6S2. The predicted molar refractivity (Wildman–Crippen MR) is 112 cm³/mol. The van der Waals surface area contributed by atoms with Gasteiger partial charge in [0.25, 0.3) is 5.91 Å². The van der Waals surface area contributed by atoms with Crippen molar-refractivity contribution in [2.75, 3.05) is 40.0 Å². The number of ether oxygens (including phenoxy) is 2. The average molecular weight is 491 g/mol. The van der Waals surface area contributed by atoms with Crippen LogP contribution in [0.25, 0.3) is 0 Å². The molecule has 0 aliphatic carbocycles. The monoisotopic (exact) mass is 490 g/mol. The van der Waals surface area contributed by atoms with Crippen molar-refractivity contribution in [1.29, 1.82) is 0 Å². The van der Waals surface area contributed by atoms with Crippen LogP contribution in [0.2, 0.25) is 4.34 Å². The molecule has 1 aliphatic rings. The average Bonchev–Trinajstić information content (AvgIpc) is 3.17. The molecule has 3 rings (SSSR count). The van der Waals surface area contributed by atoms with E-state index in [0.717, 1.165) is 23.1 Å². The van der Waals surface area contributed by atoms with Crippen molar-refractivity contribution >= 4 is 44.8 Å². The first-order valence-corrected chi connectivity index (χ1v) is 11.8. The zero-order valence-corrected chi connectivity index (χ0v) is 18.9. The van der Waals surface area contributed by atoms with Crippen molar-refractivity contribution < 1.29 is 31.9 Å². The molecule has 1 fully saturated rings. The minimum Gasteiger partial charge on any atom is -0.452 e. The van der Waals surface area contributed by atoms with E-state index in [4.69, 9.17) is 21.1 Å². The molecule has 0 unspecified atom stereocenters. The molecule has 1 aliphatic heterocycles. The third-order valence-electron chi connectivity index (χ3n) is 4.54. The third kappa shape index (κ3) is 5.80. The molecule has 2 aromatic rings. The van der Waals surface area contributed by atoms with E-state index in [1.54, 1.807) is 12.1 Å². The number of amides is 1. The van der Waals surface area contributed by atoms with Crippen molar-refractivity contribution in [3.8, 4) is 0 Å². The van der Waals surface area contributed by atoms with Crippen LogP contribution in [0.5, 0.6) is 0 Å². The van der Waals surface area contributed by atoms with Crippen LogP contribution >= 0.6 is 22.9 Å². The quantitative estimate of drug-likeness (QED) is 0.553. The van der Waals surface area contributed by atoms with Crippen molar-refractivity contribution in [2.24, 2.45) is 0 Å². The van der Waals surface area contributed by atoms with E-state index in [-0.39, 0.29) is 37.7 Å². The molecule has 12 heteroatoms. The molecule has 1 amide bonds. The van der Waals surface area contributed by atoms with E-state index in [1.165, 1.54) is 27.6 Å². The minimum atomic E-state index is -3.92. The lowest BCUT2D eigenvalue weighted by Crippen LogP contribution is -2.40. The van der Waals surface area contributed by atoms with Gasteiger partial charge in [-0.1, -0.05) is 11.6 Å². The molecule has 1 aromatic carbocycles. The van der Waals surface area contributed by atoms with Crippen molar-refractivity contribution in [3.63, 3.8) is 0 Å². The normalized spacial score (nSPS) is 14.9. The van der Waals surface area contributed by atoms with Crippen molar-refractivity contribution in [3.05, 3.63) is 50.9 Å². The number of rotatable bonds is 7. The van der Waals surface area contributed by atoms with E-state index >= 15 is 0 Å². The predicted octanol–water partition coefficient (Wildman–Crippen LogP) is 2.38. The molecule has 1 aromatic heterocycles. The molecule has 8 nitrogen and oxygen atoms in total. The van der Waals surface area contributed by atoms with Gasteiger partial charge in [-0.3, -0.25) is 4.79 Å². The van der Waals surface area contributed by atoms with E-state index in [1.807, 2.05) is 0 Å². The second-order valence-corrected chi connectivity index (χ2v) is 10.4. The Labute approximate surface area is 188 Å². The van der Waals surface area contributed by atoms with Crippen LogP contribution in [-0.4, -0.2) is 69.5 Å². The number of likely N-dealkylation sites (N-methyl/N-ethyl adjacent to an activating group) is 1. The lowest BCUT2D eigenvalue weighted by molar-refractivity contribution is -0.133. The van der Waals surface area contributed by atoms with Crippen LogP contribution in [0.15, 0.2) is 35.2 Å². The fourth-order valence-electron chi connectivity index (χ4n) is 2.83. The number of halogens is 2. The maximum absolute atomic E-state index is 14.2. The number of morpholine rings is 1. The fourth-order valence-corrected chi connectivity index (χ4v) is 5.41. The Morgan fingerprint density at radius 1 is 1.26 bits per heavy atom. The molecule has 2 heterocycles. The summed E-state index contributed by atoms with van der Waals surface area (Å²) in [7, 11) is -2.39. The van der Waals surface area contributed by atoms with Crippen LogP contribution in [0.3, 0.4) is 0 Å². The van der Waals surface area contributed by atoms with Gasteiger partial charge in [-0.15, -0.1) is 11.3 Å². The number of nitrogens with zero attached hydrogens (tertiary/aromatic N) is 2. The molecule has 0 bridgehead atoms. The summed E-state index contributed by atoms with van der Waals surface area (Å²) in [5.74, 6) is -2.58. The minimum absolute atomic E-state index is 0.162. The molecule has 0 atom stereocenters. The number of hydrogen-bond acceptors (Lipinski definition) is 7. The summed E-state index contributed by atoms with van der Waals surface area (Å²) in [6, 6.07) is 6.38. The fraction of sp³-hybridized carbons (Fsp3) is 0.368. The van der Waals surface area contributed by atoms with Gasteiger partial charge >= 0.3 is 5.97 Å². The Balaban J connectivity index is 1.65. The number of carbonyl (C=O) groups is 2. The number of hydrogen-bond donors (Lipinski definition) is 0. The first-order chi connectivity index (χ1) is 14.7. The van der Waals surface area contributed by atoms with Gasteiger partial charge in [0, 0.05) is 25.0 Å². The van der Waals surface area contributed by atoms with Gasteiger partial charge in [-0.05, 0) is 30.3 Å². The summed E-state index contributed by atoms with van der Waals surface area (Å²) in [4.78, 5) is 26.5. The van der Waals surface area contributed by atoms with Crippen molar-refractivity contribution in [2.45, 2.75) is 11.4 Å². The van der Waals surface area contributed by atoms with Crippen LogP contribution in [-0.2, 0) is 30.8 Å². The molecule has 0 saturated carbocycles. The van der Waals surface area contributed by atoms with Gasteiger partial charge < -0.3 is 14.4 Å². The standard InChI is InChI=1S/C19H20ClFN2O6S2/c1-22(11-13-2-5-17(20)30-13)18(24)12-29-19(25)15-10-14(3-4-16(15)21)31(26,27)23-6-8-28-9-7-23/h2-5,10H,6-9,11-12H2,1H3. The van der Waals surface area contributed by atoms with Crippen molar-refractivity contribution in [1.82, 2.24) is 9.21 Å². The number of thiophene rings is 1. The zero-order valence-electron chi connectivity index (χ0n) is 16.5. The number of esters is 1. The Hall–Kier alpha value is -2.05. The Morgan fingerprint density at radius 3 is 2.61 bits per heavy atom. The summed E-state index contributed by atoms with van der Waals surface area (Å²) in [6.45, 7) is 0.487. The smallest absolute Gasteiger partial charge is 0.341 e. The van der Waals surface area contributed by atoms with E-state index in [2.05, 4.69) is 0 Å². The van der Waals surface area contributed by atoms with Crippen LogP contribution in [0, 0.1) is 5.82 Å². The molecule has 31 heavy (non-hydrogen) atoms. The summed E-state index contributed by atoms with van der Waals surface area (Å²) in [6.07, 6.45) is 0. The Morgan fingerprint density at radius 2 is 1.97 bits per heavy atom. The Bertz CT molecular complexity index is 1070. The molecule has 168 valence electrons. The topological polar surface area (TPSA) is 93.2 Å². The van der Waals surface area contributed by atoms with Crippen LogP contribution in [0.1, 0.15) is 15.2 Å². The number of benzene rings is 1. The second-order valence-electron chi connectivity index (χ2n) is 6.69. The van der Waals surface area contributed by atoms with Gasteiger partial charge in [0.05, 0.1) is 34.6 Å². The summed E-state index contributed by atoms with van der Waals surface area (Å²) in [5.41, 5.74) is -0.560. The SMILES string of the molecule is CN(Cc1ccc(Cl)s1)C(=O)COC(=O)c1cc(S(=O)(=O)N2CCOCC2)ccc1F. The highest BCUT2D eigenvalue weighted by Gasteiger charge is 2.28. The summed E-state index contributed by atoms with van der Waals surface area (Å²) in [5, 5.41) is 0. The number of sulfonamides is 1. The maximum Gasteiger partial charge on any atom is 0.341 e. The molecule has 0 spiro atoms. The van der Waals surface area contributed by atoms with Gasteiger partial charge in [-0.2, -0.15) is 4.31 Å². The van der Waals surface area contributed by atoms with Gasteiger partial charge in [0.15, 0.2) is 6.61 Å². The highest BCUT2D eigenvalue weighted by Crippen LogP contribution is 2.23. The second kappa shape index (κ2) is 10.0. The van der Waals surface area contributed by atoms with E-state index in [9.17, 15) is 22.4 Å². The highest BCUT2D eigenvalue weighted by molar-refractivity contribution is 7.89. The van der Waals surface area contributed by atoms with E-state index < -0.39 is 39.9 Å². The van der Waals surface area contributed by atoms with Gasteiger partial charge in [0.1, 0.15) is 5.82 Å². The first kappa shape index (κ1) is 23.6. The Kier molecular flexibility index (Phi) is 7.65. The lowest BCUT2D eigenvalue weighted by atomic mass is 10.2. The van der Waals surface area contributed by atoms with Gasteiger partial charge in [-0.25, -0.2) is 17.6 Å². The molecular weight excluding hydrogens is 471 g/mol. The number of carbonyl (C=O) groups excluding carboxylic acids is 2. The zero-order chi connectivity index (χ0) is 22.6. The van der Waals surface area contributed by atoms with Gasteiger partial charge in [0.2, 0.25) is 10.0 Å². The third-order valence-corrected chi connectivity index (χ3v) is 7.65.